The smallest absolute Gasteiger partial charge is 0.119 e. The number of hydrogen-bond donors (Lipinski definition) is 1. The van der Waals surface area contributed by atoms with E-state index in [1.807, 2.05) is 18.2 Å². The van der Waals surface area contributed by atoms with E-state index >= 15 is 0 Å². The van der Waals surface area contributed by atoms with Gasteiger partial charge in [0.25, 0.3) is 0 Å². The van der Waals surface area contributed by atoms with Crippen LogP contribution < -0.4 is 4.74 Å². The highest BCUT2D eigenvalue weighted by Crippen LogP contribution is 2.20. The van der Waals surface area contributed by atoms with Crippen molar-refractivity contribution in [2.75, 3.05) is 6.61 Å². The van der Waals surface area contributed by atoms with Gasteiger partial charge in [0.1, 0.15) is 5.75 Å². The number of nitrogens with one attached hydrogen (secondary N) is 1. The maximum atomic E-state index is 5.80. The minimum Gasteiger partial charge on any atom is -0.494 e. The van der Waals surface area contributed by atoms with Crippen molar-refractivity contribution in [1.29, 1.82) is 0 Å². The fourth-order valence-electron chi connectivity index (χ4n) is 2.57. The molecule has 0 fully saturated rings. The van der Waals surface area contributed by atoms with E-state index in [2.05, 4.69) is 29.3 Å². The van der Waals surface area contributed by atoms with E-state index in [-0.39, 0.29) is 0 Å². The molecule has 0 aliphatic carbocycles. The molecule has 1 aromatic heterocycles. The van der Waals surface area contributed by atoms with E-state index in [0.29, 0.717) is 0 Å². The van der Waals surface area contributed by atoms with Crippen LogP contribution in [0.2, 0.25) is 0 Å². The molecular formula is C19H28N2O. The average molecular weight is 300 g/mol. The minimum atomic E-state index is 0.818. The number of aromatic amines is 1. The van der Waals surface area contributed by atoms with Crippen molar-refractivity contribution >= 4 is 0 Å². The highest BCUT2D eigenvalue weighted by Gasteiger charge is 1.99. The topological polar surface area (TPSA) is 37.9 Å². The fourth-order valence-corrected chi connectivity index (χ4v) is 2.57. The molecule has 1 heterocycles. The predicted molar refractivity (Wildman–Crippen MR) is 92.1 cm³/mol. The fraction of sp³-hybridized carbons (Fsp3) is 0.526. The van der Waals surface area contributed by atoms with Crippen LogP contribution in [0, 0.1) is 0 Å². The Bertz CT molecular complexity index is 491. The molecule has 2 rings (SSSR count). The van der Waals surface area contributed by atoms with Crippen molar-refractivity contribution in [2.45, 2.75) is 58.3 Å². The summed E-state index contributed by atoms with van der Waals surface area (Å²) in [6.45, 7) is 3.08. The predicted octanol–water partition coefficient (Wildman–Crippen LogP) is 5.60. The summed E-state index contributed by atoms with van der Waals surface area (Å²) in [5, 5.41) is 6.93. The number of unbranched alkanes of at least 4 members (excludes halogenated alkanes) is 7. The molecule has 0 aliphatic rings. The molecule has 22 heavy (non-hydrogen) atoms. The summed E-state index contributed by atoms with van der Waals surface area (Å²) in [5.74, 6) is 0.950. The molecular weight excluding hydrogens is 272 g/mol. The number of nitrogens with zero attached hydrogens (tertiary/aromatic N) is 1. The maximum Gasteiger partial charge on any atom is 0.119 e. The molecule has 2 aromatic rings. The SMILES string of the molecule is CCCCCCCCCCOc1ccc(-c2ccn[nH]2)cc1. The highest BCUT2D eigenvalue weighted by molar-refractivity contribution is 5.59. The first-order valence-corrected chi connectivity index (χ1v) is 8.63. The van der Waals surface area contributed by atoms with Crippen LogP contribution in [-0.2, 0) is 0 Å². The van der Waals surface area contributed by atoms with Gasteiger partial charge in [-0.3, -0.25) is 5.10 Å². The summed E-state index contributed by atoms with van der Waals surface area (Å²) >= 11 is 0. The third-order valence-electron chi connectivity index (χ3n) is 3.93. The Balaban J connectivity index is 1.56. The van der Waals surface area contributed by atoms with E-state index in [0.717, 1.165) is 30.0 Å². The van der Waals surface area contributed by atoms with Gasteiger partial charge in [-0.1, -0.05) is 51.9 Å². The summed E-state index contributed by atoms with van der Waals surface area (Å²) in [4.78, 5) is 0. The monoisotopic (exact) mass is 300 g/mol. The van der Waals surface area contributed by atoms with Gasteiger partial charge in [0.15, 0.2) is 0 Å². The van der Waals surface area contributed by atoms with E-state index in [9.17, 15) is 0 Å². The molecule has 0 unspecified atom stereocenters. The van der Waals surface area contributed by atoms with Gasteiger partial charge in [0, 0.05) is 6.20 Å². The maximum absolute atomic E-state index is 5.80. The van der Waals surface area contributed by atoms with Gasteiger partial charge < -0.3 is 4.74 Å². The van der Waals surface area contributed by atoms with Crippen LogP contribution in [0.1, 0.15) is 58.3 Å². The first kappa shape index (κ1) is 16.6. The van der Waals surface area contributed by atoms with Crippen LogP contribution >= 0.6 is 0 Å². The minimum absolute atomic E-state index is 0.818. The Morgan fingerprint density at radius 1 is 0.864 bits per heavy atom. The lowest BCUT2D eigenvalue weighted by Gasteiger charge is -2.07. The number of aromatic nitrogens is 2. The van der Waals surface area contributed by atoms with Crippen LogP contribution in [0.3, 0.4) is 0 Å². The Hall–Kier alpha value is -1.77. The van der Waals surface area contributed by atoms with Crippen molar-refractivity contribution in [1.82, 2.24) is 10.2 Å². The molecule has 0 aliphatic heterocycles. The third kappa shape index (κ3) is 5.92. The Morgan fingerprint density at radius 3 is 2.18 bits per heavy atom. The van der Waals surface area contributed by atoms with Gasteiger partial charge in [0.05, 0.1) is 12.3 Å². The van der Waals surface area contributed by atoms with Crippen LogP contribution in [0.15, 0.2) is 36.5 Å². The van der Waals surface area contributed by atoms with Gasteiger partial charge >= 0.3 is 0 Å². The second-order valence-electron chi connectivity index (χ2n) is 5.82. The molecule has 0 saturated heterocycles. The lowest BCUT2D eigenvalue weighted by molar-refractivity contribution is 0.304. The summed E-state index contributed by atoms with van der Waals surface area (Å²) in [5.41, 5.74) is 2.17. The molecule has 0 radical (unpaired) electrons. The van der Waals surface area contributed by atoms with E-state index in [4.69, 9.17) is 4.74 Å². The van der Waals surface area contributed by atoms with Crippen LogP contribution in [0.25, 0.3) is 11.3 Å². The number of H-pyrrole nitrogens is 1. The second kappa shape index (κ2) is 10.0. The highest BCUT2D eigenvalue weighted by atomic mass is 16.5. The second-order valence-corrected chi connectivity index (χ2v) is 5.82. The van der Waals surface area contributed by atoms with Crippen molar-refractivity contribution in [3.63, 3.8) is 0 Å². The molecule has 0 bridgehead atoms. The molecule has 3 heteroatoms. The van der Waals surface area contributed by atoms with E-state index in [1.165, 1.54) is 44.9 Å². The first-order chi connectivity index (χ1) is 10.9. The number of benzene rings is 1. The van der Waals surface area contributed by atoms with Gasteiger partial charge in [-0.15, -0.1) is 0 Å². The number of hydrogen-bond acceptors (Lipinski definition) is 2. The quantitative estimate of drug-likeness (QED) is 0.549. The molecule has 0 saturated carbocycles. The lowest BCUT2D eigenvalue weighted by atomic mass is 10.1. The van der Waals surface area contributed by atoms with Gasteiger partial charge in [0.2, 0.25) is 0 Å². The molecule has 1 aromatic carbocycles. The summed E-state index contributed by atoms with van der Waals surface area (Å²) in [6, 6.07) is 10.2. The zero-order valence-corrected chi connectivity index (χ0v) is 13.7. The van der Waals surface area contributed by atoms with Gasteiger partial charge in [-0.05, 0) is 42.3 Å². The van der Waals surface area contributed by atoms with Crippen LogP contribution in [0.4, 0.5) is 0 Å². The first-order valence-electron chi connectivity index (χ1n) is 8.63. The number of rotatable bonds is 11. The Morgan fingerprint density at radius 2 is 1.55 bits per heavy atom. The van der Waals surface area contributed by atoms with Crippen molar-refractivity contribution in [3.8, 4) is 17.0 Å². The number of ether oxygens (including phenoxy) is 1. The summed E-state index contributed by atoms with van der Waals surface area (Å²) < 4.78 is 5.80. The zero-order chi connectivity index (χ0) is 15.5. The largest absolute Gasteiger partial charge is 0.494 e. The standard InChI is InChI=1S/C19H28N2O/c1-2-3-4-5-6-7-8-9-16-22-18-12-10-17(11-13-18)19-14-15-20-21-19/h10-15H,2-9,16H2,1H3,(H,20,21). The molecule has 0 atom stereocenters. The molecule has 0 spiro atoms. The third-order valence-corrected chi connectivity index (χ3v) is 3.93. The molecule has 1 N–H and O–H groups in total. The van der Waals surface area contributed by atoms with Crippen LogP contribution in [-0.4, -0.2) is 16.8 Å². The van der Waals surface area contributed by atoms with Gasteiger partial charge in [-0.2, -0.15) is 5.10 Å². The Kier molecular flexibility index (Phi) is 7.57. The van der Waals surface area contributed by atoms with E-state index in [1.54, 1.807) is 6.20 Å². The van der Waals surface area contributed by atoms with Gasteiger partial charge in [-0.25, -0.2) is 0 Å². The zero-order valence-electron chi connectivity index (χ0n) is 13.7. The average Bonchev–Trinajstić information content (AvgIpc) is 3.08. The lowest BCUT2D eigenvalue weighted by Crippen LogP contribution is -1.97. The normalized spacial score (nSPS) is 10.8. The summed E-state index contributed by atoms with van der Waals surface area (Å²) in [7, 11) is 0. The van der Waals surface area contributed by atoms with Crippen molar-refractivity contribution < 1.29 is 4.74 Å². The molecule has 120 valence electrons. The Labute approximate surface area is 134 Å². The van der Waals surface area contributed by atoms with E-state index < -0.39 is 0 Å². The van der Waals surface area contributed by atoms with Crippen LogP contribution in [0.5, 0.6) is 5.75 Å². The molecule has 3 nitrogen and oxygen atoms in total. The molecule has 0 amide bonds. The van der Waals surface area contributed by atoms with Crippen molar-refractivity contribution in [3.05, 3.63) is 36.5 Å². The van der Waals surface area contributed by atoms with Crippen molar-refractivity contribution in [2.24, 2.45) is 0 Å². The summed E-state index contributed by atoms with van der Waals surface area (Å²) in [6.07, 6.45) is 12.4.